The first-order valence-corrected chi connectivity index (χ1v) is 6.62. The first kappa shape index (κ1) is 17.5. The number of halogens is 4. The van der Waals surface area contributed by atoms with Crippen molar-refractivity contribution in [2.24, 2.45) is 5.41 Å². The van der Waals surface area contributed by atoms with E-state index >= 15 is 0 Å². The number of carbonyl (C=O) groups excluding carboxylic acids is 1. The van der Waals surface area contributed by atoms with Gasteiger partial charge in [-0.05, 0) is 31.5 Å². The quantitative estimate of drug-likeness (QED) is 0.857. The van der Waals surface area contributed by atoms with Gasteiger partial charge >= 0.3 is 12.1 Å². The van der Waals surface area contributed by atoms with Crippen LogP contribution in [0, 0.1) is 5.41 Å². The van der Waals surface area contributed by atoms with Gasteiger partial charge in [0.2, 0.25) is 5.91 Å². The summed E-state index contributed by atoms with van der Waals surface area (Å²) < 4.78 is 39.0. The zero-order valence-electron chi connectivity index (χ0n) is 11.2. The van der Waals surface area contributed by atoms with Crippen LogP contribution in [0.2, 0.25) is 0 Å². The van der Waals surface area contributed by atoms with E-state index in [9.17, 15) is 22.8 Å². The van der Waals surface area contributed by atoms with Crippen LogP contribution in [-0.4, -0.2) is 23.2 Å². The number of carboxylic acid groups (broad SMARTS) is 1. The zero-order chi connectivity index (χ0) is 16.4. The van der Waals surface area contributed by atoms with E-state index in [0.29, 0.717) is 18.3 Å². The van der Waals surface area contributed by atoms with Gasteiger partial charge in [-0.1, -0.05) is 28.1 Å². The Balaban J connectivity index is 3.03. The standard InChI is InChI=1S/C13H13BrF3NO3/c1-12(2,13(15,16)17)11(21)18-9(10(19)20)7-3-5-8(14)6-4-7/h3-6,9H,1-2H3,(H,18,21)(H,19,20). The van der Waals surface area contributed by atoms with E-state index in [1.54, 1.807) is 0 Å². The average molecular weight is 368 g/mol. The van der Waals surface area contributed by atoms with E-state index < -0.39 is 29.5 Å². The molecule has 0 aliphatic heterocycles. The molecule has 0 saturated carbocycles. The summed E-state index contributed by atoms with van der Waals surface area (Å²) in [6.45, 7) is 1.39. The molecule has 0 spiro atoms. The van der Waals surface area contributed by atoms with Gasteiger partial charge < -0.3 is 10.4 Å². The molecule has 0 saturated heterocycles. The fourth-order valence-corrected chi connectivity index (χ4v) is 1.65. The predicted octanol–water partition coefficient (Wildman–Crippen LogP) is 3.28. The molecule has 116 valence electrons. The molecule has 0 bridgehead atoms. The van der Waals surface area contributed by atoms with Gasteiger partial charge in [0.05, 0.1) is 0 Å². The highest BCUT2D eigenvalue weighted by Gasteiger charge is 2.53. The molecule has 0 aliphatic carbocycles. The van der Waals surface area contributed by atoms with Gasteiger partial charge in [-0.15, -0.1) is 0 Å². The third kappa shape index (κ3) is 3.96. The number of alkyl halides is 3. The van der Waals surface area contributed by atoms with Crippen molar-refractivity contribution in [1.29, 1.82) is 0 Å². The molecule has 0 radical (unpaired) electrons. The van der Waals surface area contributed by atoms with Gasteiger partial charge in [0.1, 0.15) is 5.41 Å². The largest absolute Gasteiger partial charge is 0.479 e. The normalized spacial score (nSPS) is 13.6. The van der Waals surface area contributed by atoms with E-state index in [-0.39, 0.29) is 5.56 Å². The van der Waals surface area contributed by atoms with Crippen molar-refractivity contribution in [3.8, 4) is 0 Å². The summed E-state index contributed by atoms with van der Waals surface area (Å²) in [7, 11) is 0. The minimum absolute atomic E-state index is 0.178. The second kappa shape index (κ2) is 6.05. The molecular weight excluding hydrogens is 355 g/mol. The third-order valence-electron chi connectivity index (χ3n) is 3.00. The van der Waals surface area contributed by atoms with Gasteiger partial charge in [-0.2, -0.15) is 13.2 Å². The van der Waals surface area contributed by atoms with Crippen LogP contribution in [0.5, 0.6) is 0 Å². The number of hydrogen-bond acceptors (Lipinski definition) is 2. The molecule has 2 N–H and O–H groups in total. The first-order chi connectivity index (χ1) is 9.46. The number of amides is 1. The van der Waals surface area contributed by atoms with E-state index in [1.165, 1.54) is 24.3 Å². The van der Waals surface area contributed by atoms with E-state index in [2.05, 4.69) is 15.9 Å². The summed E-state index contributed by atoms with van der Waals surface area (Å²) in [5, 5.41) is 11.0. The highest BCUT2D eigenvalue weighted by molar-refractivity contribution is 9.10. The second-order valence-corrected chi connectivity index (χ2v) is 5.83. The average Bonchev–Trinajstić information content (AvgIpc) is 2.35. The van der Waals surface area contributed by atoms with Gasteiger partial charge in [0.15, 0.2) is 6.04 Å². The van der Waals surface area contributed by atoms with Crippen molar-refractivity contribution in [3.63, 3.8) is 0 Å². The zero-order valence-corrected chi connectivity index (χ0v) is 12.7. The summed E-state index contributed by atoms with van der Waals surface area (Å²) in [4.78, 5) is 23.0. The number of hydrogen-bond donors (Lipinski definition) is 2. The molecular formula is C13H13BrF3NO3. The minimum Gasteiger partial charge on any atom is -0.479 e. The first-order valence-electron chi connectivity index (χ1n) is 5.83. The SMILES string of the molecule is CC(C)(C(=O)NC(C(=O)O)c1ccc(Br)cc1)C(F)(F)F. The maximum absolute atomic E-state index is 12.8. The summed E-state index contributed by atoms with van der Waals surface area (Å²) in [6.07, 6.45) is -4.78. The Kier molecular flexibility index (Phi) is 5.03. The molecule has 1 aromatic carbocycles. The van der Waals surface area contributed by atoms with Gasteiger partial charge in [-0.25, -0.2) is 4.79 Å². The fraction of sp³-hybridized carbons (Fsp3) is 0.385. The van der Waals surface area contributed by atoms with Crippen molar-refractivity contribution in [1.82, 2.24) is 5.32 Å². The van der Waals surface area contributed by atoms with Gasteiger partial charge in [0, 0.05) is 4.47 Å². The molecule has 1 rings (SSSR count). The molecule has 1 atom stereocenters. The number of carboxylic acids is 1. The Morgan fingerprint density at radius 3 is 2.05 bits per heavy atom. The Bertz CT molecular complexity index is 541. The molecule has 21 heavy (non-hydrogen) atoms. The lowest BCUT2D eigenvalue weighted by molar-refractivity contribution is -0.212. The number of benzene rings is 1. The molecule has 0 fully saturated rings. The summed E-state index contributed by atoms with van der Waals surface area (Å²) in [5.41, 5.74) is -2.51. The van der Waals surface area contributed by atoms with Crippen LogP contribution in [-0.2, 0) is 9.59 Å². The van der Waals surface area contributed by atoms with Crippen LogP contribution in [0.4, 0.5) is 13.2 Å². The highest BCUT2D eigenvalue weighted by Crippen LogP contribution is 2.38. The highest BCUT2D eigenvalue weighted by atomic mass is 79.9. The molecule has 0 aliphatic rings. The maximum Gasteiger partial charge on any atom is 0.402 e. The fourth-order valence-electron chi connectivity index (χ4n) is 1.38. The monoisotopic (exact) mass is 367 g/mol. The van der Waals surface area contributed by atoms with Crippen LogP contribution in [0.25, 0.3) is 0 Å². The summed E-state index contributed by atoms with van der Waals surface area (Å²) in [6, 6.07) is 4.33. The molecule has 1 unspecified atom stereocenters. The predicted molar refractivity (Wildman–Crippen MR) is 72.5 cm³/mol. The van der Waals surface area contributed by atoms with Gasteiger partial charge in [0.25, 0.3) is 0 Å². The molecule has 4 nitrogen and oxygen atoms in total. The van der Waals surface area contributed by atoms with Crippen LogP contribution >= 0.6 is 15.9 Å². The van der Waals surface area contributed by atoms with Crippen LogP contribution < -0.4 is 5.32 Å². The van der Waals surface area contributed by atoms with Crippen LogP contribution in [0.3, 0.4) is 0 Å². The minimum atomic E-state index is -4.78. The summed E-state index contributed by atoms with van der Waals surface area (Å²) in [5.74, 6) is -2.84. The van der Waals surface area contributed by atoms with Crippen molar-refractivity contribution < 1.29 is 27.9 Å². The molecule has 1 aromatic rings. The Morgan fingerprint density at radius 2 is 1.67 bits per heavy atom. The van der Waals surface area contributed by atoms with Crippen molar-refractivity contribution in [3.05, 3.63) is 34.3 Å². The summed E-state index contributed by atoms with van der Waals surface area (Å²) >= 11 is 3.16. The number of aliphatic carboxylic acids is 1. The van der Waals surface area contributed by atoms with Gasteiger partial charge in [-0.3, -0.25) is 4.79 Å². The van der Waals surface area contributed by atoms with E-state index in [4.69, 9.17) is 5.11 Å². The van der Waals surface area contributed by atoms with Crippen molar-refractivity contribution in [2.75, 3.05) is 0 Å². The van der Waals surface area contributed by atoms with Crippen LogP contribution in [0.1, 0.15) is 25.5 Å². The van der Waals surface area contributed by atoms with Crippen LogP contribution in [0.15, 0.2) is 28.7 Å². The Labute approximate surface area is 127 Å². The second-order valence-electron chi connectivity index (χ2n) is 4.92. The molecule has 8 heteroatoms. The number of nitrogens with one attached hydrogen (secondary N) is 1. The van der Waals surface area contributed by atoms with Crippen molar-refractivity contribution >= 4 is 27.8 Å². The Hall–Kier alpha value is -1.57. The third-order valence-corrected chi connectivity index (χ3v) is 3.53. The lowest BCUT2D eigenvalue weighted by atomic mass is 9.90. The lowest BCUT2D eigenvalue weighted by Gasteiger charge is -2.28. The lowest BCUT2D eigenvalue weighted by Crippen LogP contribution is -2.48. The molecule has 1 amide bonds. The number of rotatable bonds is 4. The molecule has 0 aromatic heterocycles. The Morgan fingerprint density at radius 1 is 1.19 bits per heavy atom. The van der Waals surface area contributed by atoms with E-state index in [1.807, 2.05) is 5.32 Å². The molecule has 0 heterocycles. The smallest absolute Gasteiger partial charge is 0.402 e. The van der Waals surface area contributed by atoms with E-state index in [0.717, 1.165) is 0 Å². The number of carbonyl (C=O) groups is 2. The maximum atomic E-state index is 12.8. The van der Waals surface area contributed by atoms with Crippen molar-refractivity contribution in [2.45, 2.75) is 26.1 Å². The topological polar surface area (TPSA) is 66.4 Å².